The highest BCUT2D eigenvalue weighted by atomic mass is 16.6. The number of ether oxygens (including phenoxy) is 3. The summed E-state index contributed by atoms with van der Waals surface area (Å²) < 4.78 is 16.6. The Hall–Kier alpha value is -4.97. The van der Waals surface area contributed by atoms with Gasteiger partial charge in [-0.05, 0) is 77.0 Å². The van der Waals surface area contributed by atoms with Crippen LogP contribution in [0.1, 0.15) is 162 Å². The first-order valence-electron chi connectivity index (χ1n) is 24.1. The summed E-state index contributed by atoms with van der Waals surface area (Å²) in [6, 6.07) is 0. The topological polar surface area (TPSA) is 78.9 Å². The van der Waals surface area contributed by atoms with E-state index < -0.39 is 12.1 Å². The second kappa shape index (κ2) is 49.7. The number of rotatable bonds is 40. The first-order valence-corrected chi connectivity index (χ1v) is 24.1. The van der Waals surface area contributed by atoms with Gasteiger partial charge in [0, 0.05) is 19.3 Å². The maximum Gasteiger partial charge on any atom is 0.306 e. The lowest BCUT2D eigenvalue weighted by Gasteiger charge is -2.18. The third kappa shape index (κ3) is 47.9. The molecule has 1 unspecified atom stereocenters. The predicted molar refractivity (Wildman–Crippen MR) is 269 cm³/mol. The molecule has 0 aromatic heterocycles. The Bertz CT molecular complexity index is 1510. The van der Waals surface area contributed by atoms with Crippen LogP contribution in [0.5, 0.6) is 0 Å². The highest BCUT2D eigenvalue weighted by molar-refractivity contribution is 5.71. The van der Waals surface area contributed by atoms with Crippen molar-refractivity contribution in [2.45, 2.75) is 168 Å². The summed E-state index contributed by atoms with van der Waals surface area (Å²) in [6.45, 7) is 6.07. The average Bonchev–Trinajstić information content (AvgIpc) is 3.28. The average molecular weight is 865 g/mol. The summed E-state index contributed by atoms with van der Waals surface area (Å²) in [6.07, 6.45) is 72.4. The summed E-state index contributed by atoms with van der Waals surface area (Å²) in [5.41, 5.74) is 0. The minimum Gasteiger partial charge on any atom is -0.462 e. The second-order valence-corrected chi connectivity index (χ2v) is 15.1. The third-order valence-electron chi connectivity index (χ3n) is 9.26. The molecule has 1 atom stereocenters. The van der Waals surface area contributed by atoms with Crippen molar-refractivity contribution < 1.29 is 28.6 Å². The number of esters is 3. The van der Waals surface area contributed by atoms with Gasteiger partial charge >= 0.3 is 17.9 Å². The van der Waals surface area contributed by atoms with Crippen molar-refractivity contribution >= 4 is 17.9 Å². The van der Waals surface area contributed by atoms with Gasteiger partial charge in [0.05, 0.1) is 0 Å². The number of unbranched alkanes of at least 4 members (excludes halogenated alkanes) is 11. The fourth-order valence-corrected chi connectivity index (χ4v) is 5.75. The van der Waals surface area contributed by atoms with Crippen molar-refractivity contribution in [3.63, 3.8) is 0 Å². The Morgan fingerprint density at radius 2 is 0.667 bits per heavy atom. The Labute approximate surface area is 384 Å². The number of allylic oxidation sites excluding steroid dienone is 26. The van der Waals surface area contributed by atoms with Crippen LogP contribution in [-0.4, -0.2) is 37.2 Å². The molecule has 0 amide bonds. The summed E-state index contributed by atoms with van der Waals surface area (Å²) >= 11 is 0. The molecule has 63 heavy (non-hydrogen) atoms. The Kier molecular flexibility index (Phi) is 45.8. The molecule has 0 radical (unpaired) electrons. The normalized spacial score (nSPS) is 13.5. The summed E-state index contributed by atoms with van der Waals surface area (Å²) in [5, 5.41) is 0. The Balaban J connectivity index is 4.58. The van der Waals surface area contributed by atoms with Gasteiger partial charge in [0.15, 0.2) is 6.10 Å². The van der Waals surface area contributed by atoms with Crippen molar-refractivity contribution in [1.82, 2.24) is 0 Å². The lowest BCUT2D eigenvalue weighted by Crippen LogP contribution is -2.30. The Morgan fingerprint density at radius 3 is 1.13 bits per heavy atom. The molecule has 0 spiro atoms. The molecule has 0 bridgehead atoms. The van der Waals surface area contributed by atoms with E-state index in [4.69, 9.17) is 14.2 Å². The van der Waals surface area contributed by atoms with Crippen molar-refractivity contribution in [1.29, 1.82) is 0 Å². The third-order valence-corrected chi connectivity index (χ3v) is 9.26. The number of hydrogen-bond donors (Lipinski definition) is 0. The van der Waals surface area contributed by atoms with E-state index in [0.29, 0.717) is 25.7 Å². The first-order chi connectivity index (χ1) is 31.0. The van der Waals surface area contributed by atoms with Crippen LogP contribution in [0, 0.1) is 0 Å². The van der Waals surface area contributed by atoms with Crippen LogP contribution in [0.4, 0.5) is 0 Å². The number of hydrogen-bond acceptors (Lipinski definition) is 6. The van der Waals surface area contributed by atoms with Gasteiger partial charge in [-0.1, -0.05) is 224 Å². The zero-order valence-corrected chi connectivity index (χ0v) is 39.5. The monoisotopic (exact) mass is 865 g/mol. The van der Waals surface area contributed by atoms with E-state index in [0.717, 1.165) is 64.2 Å². The molecule has 0 heterocycles. The van der Waals surface area contributed by atoms with Crippen LogP contribution in [-0.2, 0) is 28.6 Å². The van der Waals surface area contributed by atoms with Gasteiger partial charge in [-0.25, -0.2) is 0 Å². The largest absolute Gasteiger partial charge is 0.462 e. The number of carbonyl (C=O) groups excluding carboxylic acids is 3. The van der Waals surface area contributed by atoms with E-state index >= 15 is 0 Å². The fraction of sp³-hybridized carbons (Fsp3) is 0.491. The van der Waals surface area contributed by atoms with E-state index in [1.54, 1.807) is 0 Å². The second-order valence-electron chi connectivity index (χ2n) is 15.1. The molecular formula is C57H84O6. The maximum absolute atomic E-state index is 12.7. The molecule has 348 valence electrons. The van der Waals surface area contributed by atoms with Crippen molar-refractivity contribution in [3.05, 3.63) is 158 Å². The molecule has 0 rings (SSSR count). The minimum absolute atomic E-state index is 0.140. The summed E-state index contributed by atoms with van der Waals surface area (Å²) in [4.78, 5) is 37.8. The quantitative estimate of drug-likeness (QED) is 0.0201. The van der Waals surface area contributed by atoms with Gasteiger partial charge in [-0.2, -0.15) is 0 Å². The van der Waals surface area contributed by atoms with Crippen molar-refractivity contribution in [3.8, 4) is 0 Å². The molecule has 0 aliphatic heterocycles. The SMILES string of the molecule is CC\C=C/C=C\C=C/C=C\C=C/CCCC(=O)OCC(COC(=O)CCCCCCCCCCC/C=C\C/C=C\C/C=C\CC)OC(=O)CCC\C=C/C=C\C=C/C=C\C=C/CC. The standard InChI is InChI=1S/C57H84O6/c1-4-7-10-13-16-19-22-25-26-27-28-29-30-33-35-38-41-44-47-50-56(59)62-53-54(63-57(60)51-48-45-42-39-36-32-24-21-18-15-12-9-6-3)52-61-55(58)49-46-43-40-37-34-31-23-20-17-14-11-8-5-2/h7-12,14-21,23-26,31-32,34,36-37,39-40,42,54H,4-6,13,22,27-30,33,35,38,41,43-53H2,1-3H3/b10-7-,11-8-,12-9-,17-14-,18-15-,19-16-,23-20-,24-21-,26-25-,34-31-,36-32-,40-37-,42-39-. The van der Waals surface area contributed by atoms with Crippen LogP contribution in [0.2, 0.25) is 0 Å². The molecule has 0 fully saturated rings. The highest BCUT2D eigenvalue weighted by Crippen LogP contribution is 2.13. The summed E-state index contributed by atoms with van der Waals surface area (Å²) in [5.74, 6) is -1.12. The lowest BCUT2D eigenvalue weighted by atomic mass is 10.1. The zero-order chi connectivity index (χ0) is 45.8. The van der Waals surface area contributed by atoms with E-state index in [-0.39, 0.29) is 38.0 Å². The molecule has 0 aromatic carbocycles. The van der Waals surface area contributed by atoms with Crippen LogP contribution in [0.3, 0.4) is 0 Å². The summed E-state index contributed by atoms with van der Waals surface area (Å²) in [7, 11) is 0. The van der Waals surface area contributed by atoms with Gasteiger partial charge in [-0.15, -0.1) is 0 Å². The highest BCUT2D eigenvalue weighted by Gasteiger charge is 2.19. The van der Waals surface area contributed by atoms with Gasteiger partial charge in [0.25, 0.3) is 0 Å². The van der Waals surface area contributed by atoms with Crippen LogP contribution in [0.15, 0.2) is 158 Å². The molecule has 0 saturated carbocycles. The minimum atomic E-state index is -0.853. The van der Waals surface area contributed by atoms with Crippen LogP contribution >= 0.6 is 0 Å². The molecule has 6 heteroatoms. The van der Waals surface area contributed by atoms with E-state index in [2.05, 4.69) is 69.4 Å². The first kappa shape index (κ1) is 58.0. The fourth-order valence-electron chi connectivity index (χ4n) is 5.75. The number of carbonyl (C=O) groups is 3. The maximum atomic E-state index is 12.7. The molecular weight excluding hydrogens is 781 g/mol. The zero-order valence-electron chi connectivity index (χ0n) is 39.5. The van der Waals surface area contributed by atoms with Crippen LogP contribution < -0.4 is 0 Å². The predicted octanol–water partition coefficient (Wildman–Crippen LogP) is 15.9. The lowest BCUT2D eigenvalue weighted by molar-refractivity contribution is -0.167. The molecule has 0 aromatic rings. The molecule has 0 aliphatic carbocycles. The van der Waals surface area contributed by atoms with Gasteiger partial charge in [0.1, 0.15) is 13.2 Å². The molecule has 0 aliphatic rings. The molecule has 0 N–H and O–H groups in total. The van der Waals surface area contributed by atoms with E-state index in [9.17, 15) is 14.4 Å². The van der Waals surface area contributed by atoms with Gasteiger partial charge in [0.2, 0.25) is 0 Å². The van der Waals surface area contributed by atoms with Crippen molar-refractivity contribution in [2.24, 2.45) is 0 Å². The van der Waals surface area contributed by atoms with Crippen LogP contribution in [0.25, 0.3) is 0 Å². The van der Waals surface area contributed by atoms with Gasteiger partial charge < -0.3 is 14.2 Å². The smallest absolute Gasteiger partial charge is 0.306 e. The molecule has 6 nitrogen and oxygen atoms in total. The van der Waals surface area contributed by atoms with Gasteiger partial charge in [-0.3, -0.25) is 14.4 Å². The molecule has 0 saturated heterocycles. The van der Waals surface area contributed by atoms with E-state index in [1.165, 1.54) is 38.5 Å². The van der Waals surface area contributed by atoms with E-state index in [1.807, 2.05) is 109 Å². The van der Waals surface area contributed by atoms with Crippen molar-refractivity contribution in [2.75, 3.05) is 13.2 Å². The Morgan fingerprint density at radius 1 is 0.333 bits per heavy atom.